The number of thiol groups is 1. The number of carbonyl (C=O) groups is 5. The molecule has 13 heteroatoms. The first kappa shape index (κ1) is 30.6. The number of para-hydroxylation sites is 1. The Morgan fingerprint density at radius 2 is 1.55 bits per heavy atom. The van der Waals surface area contributed by atoms with E-state index in [1.807, 2.05) is 32.0 Å². The van der Waals surface area contributed by atoms with Crippen molar-refractivity contribution in [1.82, 2.24) is 20.9 Å². The summed E-state index contributed by atoms with van der Waals surface area (Å²) in [6.07, 6.45) is 1.24. The average Bonchev–Trinajstić information content (AvgIpc) is 3.26. The molecule has 4 unspecified atom stereocenters. The molecule has 0 radical (unpaired) electrons. The van der Waals surface area contributed by atoms with E-state index in [-0.39, 0.29) is 24.5 Å². The van der Waals surface area contributed by atoms with Crippen LogP contribution >= 0.6 is 12.6 Å². The number of H-pyrrole nitrogens is 1. The topological polar surface area (TPSA) is 204 Å². The summed E-state index contributed by atoms with van der Waals surface area (Å²) in [4.78, 5) is 64.4. The molecule has 0 bridgehead atoms. The molecule has 0 aliphatic carbocycles. The first-order chi connectivity index (χ1) is 17.9. The Morgan fingerprint density at radius 1 is 0.947 bits per heavy atom. The van der Waals surface area contributed by atoms with E-state index in [1.165, 1.54) is 0 Å². The van der Waals surface area contributed by atoms with Gasteiger partial charge in [-0.15, -0.1) is 0 Å². The molecule has 3 amide bonds. The van der Waals surface area contributed by atoms with Crippen molar-refractivity contribution in [3.8, 4) is 0 Å². The molecule has 2 rings (SSSR count). The van der Waals surface area contributed by atoms with Gasteiger partial charge < -0.3 is 36.9 Å². The average molecular weight is 550 g/mol. The van der Waals surface area contributed by atoms with Gasteiger partial charge in [0.05, 0.1) is 6.04 Å². The van der Waals surface area contributed by atoms with Gasteiger partial charge in [-0.25, -0.2) is 4.79 Å². The van der Waals surface area contributed by atoms with Crippen molar-refractivity contribution in [2.75, 3.05) is 5.75 Å². The third-order valence-corrected chi connectivity index (χ3v) is 6.24. The SMILES string of the molecule is CC(C)CC(N)C(=O)NC(CS)C(=O)NC(CCC(=O)O)C(=O)NC(Cc1c[nH]c2ccccc12)C(=O)O. The summed E-state index contributed by atoms with van der Waals surface area (Å²) in [5, 5.41) is 27.0. The van der Waals surface area contributed by atoms with E-state index >= 15 is 0 Å². The van der Waals surface area contributed by atoms with Crippen LogP contribution in [0, 0.1) is 5.92 Å². The summed E-state index contributed by atoms with van der Waals surface area (Å²) in [6, 6.07) is 2.56. The highest BCUT2D eigenvalue weighted by Gasteiger charge is 2.30. The Morgan fingerprint density at radius 3 is 2.16 bits per heavy atom. The van der Waals surface area contributed by atoms with Crippen LogP contribution in [0.3, 0.4) is 0 Å². The summed E-state index contributed by atoms with van der Waals surface area (Å²) in [5.74, 6) is -4.68. The van der Waals surface area contributed by atoms with Gasteiger partial charge in [0.2, 0.25) is 17.7 Å². The Hall–Kier alpha value is -3.58. The number of rotatable bonds is 15. The minimum absolute atomic E-state index is 0.0479. The first-order valence-electron chi connectivity index (χ1n) is 12.2. The molecule has 2 aromatic rings. The zero-order valence-electron chi connectivity index (χ0n) is 21.3. The van der Waals surface area contributed by atoms with Crippen LogP contribution in [-0.2, 0) is 30.4 Å². The fourth-order valence-electron chi connectivity index (χ4n) is 3.89. The lowest BCUT2D eigenvalue weighted by Crippen LogP contribution is -2.58. The van der Waals surface area contributed by atoms with Crippen LogP contribution in [0.25, 0.3) is 10.9 Å². The molecule has 0 saturated heterocycles. The van der Waals surface area contributed by atoms with E-state index in [2.05, 4.69) is 33.6 Å². The monoisotopic (exact) mass is 549 g/mol. The number of benzene rings is 1. The third kappa shape index (κ3) is 9.06. The van der Waals surface area contributed by atoms with Gasteiger partial charge in [-0.2, -0.15) is 12.6 Å². The maximum absolute atomic E-state index is 13.0. The third-order valence-electron chi connectivity index (χ3n) is 5.87. The largest absolute Gasteiger partial charge is 0.481 e. The number of aromatic amines is 1. The van der Waals surface area contributed by atoms with Gasteiger partial charge in [0.1, 0.15) is 18.1 Å². The molecule has 0 aliphatic rings. The van der Waals surface area contributed by atoms with Crippen molar-refractivity contribution in [3.63, 3.8) is 0 Å². The van der Waals surface area contributed by atoms with Gasteiger partial charge in [-0.05, 0) is 30.4 Å². The van der Waals surface area contributed by atoms with Gasteiger partial charge in [0.15, 0.2) is 0 Å². The van der Waals surface area contributed by atoms with Gasteiger partial charge >= 0.3 is 11.9 Å². The van der Waals surface area contributed by atoms with Crippen LogP contribution in [0.5, 0.6) is 0 Å². The van der Waals surface area contributed by atoms with Crippen LogP contribution < -0.4 is 21.7 Å². The first-order valence-corrected chi connectivity index (χ1v) is 12.8. The number of hydrogen-bond donors (Lipinski definition) is 8. The van der Waals surface area contributed by atoms with Crippen LogP contribution in [0.2, 0.25) is 0 Å². The molecule has 12 nitrogen and oxygen atoms in total. The number of aliphatic carboxylic acids is 2. The van der Waals surface area contributed by atoms with Crippen molar-refractivity contribution in [3.05, 3.63) is 36.0 Å². The van der Waals surface area contributed by atoms with Gasteiger partial charge in [0, 0.05) is 35.7 Å². The van der Waals surface area contributed by atoms with Crippen molar-refractivity contribution in [1.29, 1.82) is 0 Å². The summed E-state index contributed by atoms with van der Waals surface area (Å²) >= 11 is 4.10. The van der Waals surface area contributed by atoms with E-state index in [9.17, 15) is 29.1 Å². The number of fused-ring (bicyclic) bond motifs is 1. The summed E-state index contributed by atoms with van der Waals surface area (Å²) in [5.41, 5.74) is 7.33. The Labute approximate surface area is 225 Å². The van der Waals surface area contributed by atoms with E-state index in [0.717, 1.165) is 10.9 Å². The molecule has 4 atom stereocenters. The van der Waals surface area contributed by atoms with Crippen molar-refractivity contribution in [2.24, 2.45) is 11.7 Å². The predicted octanol–water partition coefficient (Wildman–Crippen LogP) is 0.417. The Balaban J connectivity index is 2.14. The minimum atomic E-state index is -1.37. The molecule has 38 heavy (non-hydrogen) atoms. The van der Waals surface area contributed by atoms with E-state index < -0.39 is 60.2 Å². The van der Waals surface area contributed by atoms with Crippen LogP contribution in [0.1, 0.15) is 38.7 Å². The fraction of sp³-hybridized carbons (Fsp3) is 0.480. The normalized spacial score (nSPS) is 14.3. The number of amides is 3. The number of carboxylic acids is 2. The van der Waals surface area contributed by atoms with Crippen LogP contribution in [0.4, 0.5) is 0 Å². The number of carboxylic acid groups (broad SMARTS) is 2. The van der Waals surface area contributed by atoms with Crippen molar-refractivity contribution < 1.29 is 34.2 Å². The van der Waals surface area contributed by atoms with E-state index in [4.69, 9.17) is 10.8 Å². The zero-order chi connectivity index (χ0) is 28.4. The number of aromatic nitrogens is 1. The summed E-state index contributed by atoms with van der Waals surface area (Å²) in [6.45, 7) is 3.79. The Bertz CT molecular complexity index is 1150. The van der Waals surface area contributed by atoms with Crippen molar-refractivity contribution in [2.45, 2.75) is 63.7 Å². The second kappa shape index (κ2) is 14.4. The smallest absolute Gasteiger partial charge is 0.326 e. The number of hydrogen-bond acceptors (Lipinski definition) is 7. The maximum atomic E-state index is 13.0. The molecule has 208 valence electrons. The summed E-state index contributed by atoms with van der Waals surface area (Å²) in [7, 11) is 0. The van der Waals surface area contributed by atoms with Gasteiger partial charge in [0.25, 0.3) is 0 Å². The lowest BCUT2D eigenvalue weighted by molar-refractivity contribution is -0.143. The highest BCUT2D eigenvalue weighted by Crippen LogP contribution is 2.19. The van der Waals surface area contributed by atoms with Gasteiger partial charge in [-0.1, -0.05) is 32.0 Å². The van der Waals surface area contributed by atoms with Gasteiger partial charge in [-0.3, -0.25) is 19.2 Å². The highest BCUT2D eigenvalue weighted by molar-refractivity contribution is 7.80. The highest BCUT2D eigenvalue weighted by atomic mass is 32.1. The molecule has 1 aromatic carbocycles. The van der Waals surface area contributed by atoms with Crippen LogP contribution in [-0.4, -0.2) is 74.8 Å². The lowest BCUT2D eigenvalue weighted by atomic mass is 10.0. The second-order valence-corrected chi connectivity index (χ2v) is 9.80. The number of carbonyl (C=O) groups excluding carboxylic acids is 3. The summed E-state index contributed by atoms with van der Waals surface area (Å²) < 4.78 is 0. The molecule has 0 fully saturated rings. The molecule has 0 saturated carbocycles. The lowest BCUT2D eigenvalue weighted by Gasteiger charge is -2.24. The second-order valence-electron chi connectivity index (χ2n) is 9.44. The molecule has 1 aromatic heterocycles. The molecular formula is C25H35N5O7S. The standard InChI is InChI=1S/C25H35N5O7S/c1-13(2)9-16(26)22(33)30-20(12-38)24(35)28-18(7-8-21(31)32)23(34)29-19(25(36)37)10-14-11-27-17-6-4-3-5-15(14)17/h3-6,11,13,16,18-20,27,38H,7-10,12,26H2,1-2H3,(H,28,35)(H,29,34)(H,30,33)(H,31,32)(H,36,37). The number of nitrogens with one attached hydrogen (secondary N) is 4. The van der Waals surface area contributed by atoms with E-state index in [0.29, 0.717) is 12.0 Å². The maximum Gasteiger partial charge on any atom is 0.326 e. The minimum Gasteiger partial charge on any atom is -0.481 e. The van der Waals surface area contributed by atoms with Crippen LogP contribution in [0.15, 0.2) is 30.5 Å². The number of nitrogens with two attached hydrogens (primary N) is 1. The Kier molecular flexibility index (Phi) is 11.6. The van der Waals surface area contributed by atoms with E-state index in [1.54, 1.807) is 12.3 Å². The molecule has 0 aliphatic heterocycles. The quantitative estimate of drug-likeness (QED) is 0.146. The predicted molar refractivity (Wildman–Crippen MR) is 144 cm³/mol. The molecule has 1 heterocycles. The molecular weight excluding hydrogens is 514 g/mol. The fourth-order valence-corrected chi connectivity index (χ4v) is 4.15. The molecule has 8 N–H and O–H groups in total. The van der Waals surface area contributed by atoms with Crippen molar-refractivity contribution >= 4 is 53.2 Å². The zero-order valence-corrected chi connectivity index (χ0v) is 22.2. The molecule has 0 spiro atoms.